The third kappa shape index (κ3) is 4.67. The predicted molar refractivity (Wildman–Crippen MR) is 112 cm³/mol. The molecule has 1 aliphatic carbocycles. The molecule has 29 heavy (non-hydrogen) atoms. The molecule has 2 atom stereocenters. The predicted octanol–water partition coefficient (Wildman–Crippen LogP) is 2.44. The lowest BCUT2D eigenvalue weighted by molar-refractivity contribution is -0.123. The minimum absolute atomic E-state index is 0.0299. The minimum Gasteiger partial charge on any atom is -0.353 e. The van der Waals surface area contributed by atoms with Crippen molar-refractivity contribution in [2.45, 2.75) is 18.9 Å². The maximum Gasteiger partial charge on any atom is 0.254 e. The van der Waals surface area contributed by atoms with E-state index in [0.29, 0.717) is 31.1 Å². The molecule has 0 radical (unpaired) electrons. The smallest absolute Gasteiger partial charge is 0.254 e. The number of hydrogen-bond donors (Lipinski definition) is 2. The van der Waals surface area contributed by atoms with Crippen LogP contribution in [0.15, 0.2) is 53.0 Å². The quantitative estimate of drug-likeness (QED) is 0.726. The fourth-order valence-corrected chi connectivity index (χ4v) is 3.91. The van der Waals surface area contributed by atoms with Gasteiger partial charge in [-0.1, -0.05) is 40.2 Å². The van der Waals surface area contributed by atoms with Crippen LogP contribution < -0.4 is 10.6 Å². The molecule has 2 aromatic carbocycles. The van der Waals surface area contributed by atoms with E-state index in [1.165, 1.54) is 5.56 Å². The van der Waals surface area contributed by atoms with Gasteiger partial charge < -0.3 is 15.5 Å². The van der Waals surface area contributed by atoms with Crippen molar-refractivity contribution in [1.82, 2.24) is 15.5 Å². The van der Waals surface area contributed by atoms with Gasteiger partial charge in [0.25, 0.3) is 5.91 Å². The topological polar surface area (TPSA) is 78.5 Å². The summed E-state index contributed by atoms with van der Waals surface area (Å²) in [6.45, 7) is 1.53. The van der Waals surface area contributed by atoms with Gasteiger partial charge in [-0.3, -0.25) is 14.4 Å². The molecule has 1 heterocycles. The Kier molecular flexibility index (Phi) is 5.67. The van der Waals surface area contributed by atoms with Gasteiger partial charge in [-0.25, -0.2) is 0 Å². The first kappa shape index (κ1) is 19.6. The highest BCUT2D eigenvalue weighted by Gasteiger charge is 2.43. The summed E-state index contributed by atoms with van der Waals surface area (Å²) in [7, 11) is 0. The van der Waals surface area contributed by atoms with E-state index in [4.69, 9.17) is 0 Å². The van der Waals surface area contributed by atoms with E-state index in [1.807, 2.05) is 24.3 Å². The molecule has 2 aromatic rings. The van der Waals surface area contributed by atoms with Crippen molar-refractivity contribution < 1.29 is 14.4 Å². The first-order chi connectivity index (χ1) is 14.0. The molecule has 1 aliphatic heterocycles. The highest BCUT2D eigenvalue weighted by molar-refractivity contribution is 9.10. The Morgan fingerprint density at radius 3 is 2.52 bits per heavy atom. The number of amides is 3. The summed E-state index contributed by atoms with van der Waals surface area (Å²) in [6, 6.07) is 15.3. The van der Waals surface area contributed by atoms with Crippen LogP contribution in [0.3, 0.4) is 0 Å². The largest absolute Gasteiger partial charge is 0.353 e. The summed E-state index contributed by atoms with van der Waals surface area (Å²) in [4.78, 5) is 37.9. The number of halogens is 1. The lowest BCUT2D eigenvalue weighted by Crippen LogP contribution is -2.49. The number of nitrogens with zero attached hydrogens (tertiary/aromatic N) is 1. The van der Waals surface area contributed by atoms with E-state index in [1.54, 1.807) is 17.0 Å². The van der Waals surface area contributed by atoms with Crippen LogP contribution in [0, 0.1) is 5.92 Å². The van der Waals surface area contributed by atoms with Gasteiger partial charge in [-0.2, -0.15) is 0 Å². The second-order valence-corrected chi connectivity index (χ2v) is 8.41. The molecule has 6 nitrogen and oxygen atoms in total. The second kappa shape index (κ2) is 8.37. The average molecular weight is 456 g/mol. The highest BCUT2D eigenvalue weighted by atomic mass is 79.9. The van der Waals surface area contributed by atoms with Gasteiger partial charge in [0.15, 0.2) is 0 Å². The van der Waals surface area contributed by atoms with E-state index >= 15 is 0 Å². The highest BCUT2D eigenvalue weighted by Crippen LogP contribution is 2.47. The lowest BCUT2D eigenvalue weighted by Gasteiger charge is -2.26. The summed E-state index contributed by atoms with van der Waals surface area (Å²) < 4.78 is 1.04. The number of nitrogens with one attached hydrogen (secondary N) is 2. The Hall–Kier alpha value is -2.67. The molecule has 2 fully saturated rings. The summed E-state index contributed by atoms with van der Waals surface area (Å²) >= 11 is 3.43. The van der Waals surface area contributed by atoms with Crippen molar-refractivity contribution in [3.05, 3.63) is 69.7 Å². The Morgan fingerprint density at radius 2 is 1.83 bits per heavy atom. The molecule has 3 amide bonds. The van der Waals surface area contributed by atoms with Crippen molar-refractivity contribution in [2.75, 3.05) is 19.6 Å². The molecule has 1 saturated carbocycles. The van der Waals surface area contributed by atoms with Crippen LogP contribution in [-0.4, -0.2) is 42.3 Å². The van der Waals surface area contributed by atoms with Gasteiger partial charge >= 0.3 is 0 Å². The Balaban J connectivity index is 1.28. The third-order valence-corrected chi connectivity index (χ3v) is 5.95. The number of benzene rings is 2. The Labute approximate surface area is 177 Å². The summed E-state index contributed by atoms with van der Waals surface area (Å²) in [5.74, 6) is 0.112. The van der Waals surface area contributed by atoms with Crippen molar-refractivity contribution in [1.29, 1.82) is 0 Å². The molecule has 2 unspecified atom stereocenters. The molecule has 1 saturated heterocycles. The second-order valence-electron chi connectivity index (χ2n) is 7.49. The monoisotopic (exact) mass is 455 g/mol. The molecular formula is C22H22BrN3O3. The zero-order valence-electron chi connectivity index (χ0n) is 15.9. The lowest BCUT2D eigenvalue weighted by atomic mass is 10.1. The minimum atomic E-state index is -0.147. The van der Waals surface area contributed by atoms with Crippen LogP contribution in [0.25, 0.3) is 0 Å². The van der Waals surface area contributed by atoms with E-state index in [9.17, 15) is 14.4 Å². The molecule has 2 aliphatic rings. The molecule has 0 bridgehead atoms. The van der Waals surface area contributed by atoms with Gasteiger partial charge in [-0.05, 0) is 47.7 Å². The Morgan fingerprint density at radius 1 is 1.10 bits per heavy atom. The van der Waals surface area contributed by atoms with E-state index in [-0.39, 0.29) is 30.2 Å². The van der Waals surface area contributed by atoms with Gasteiger partial charge in [0.1, 0.15) is 0 Å². The molecule has 2 N–H and O–H groups in total. The summed E-state index contributed by atoms with van der Waals surface area (Å²) in [5.41, 5.74) is 2.68. The van der Waals surface area contributed by atoms with Crippen LogP contribution >= 0.6 is 15.9 Å². The zero-order chi connectivity index (χ0) is 20.4. The van der Waals surface area contributed by atoms with E-state index in [2.05, 4.69) is 38.7 Å². The van der Waals surface area contributed by atoms with Crippen LogP contribution in [0.4, 0.5) is 0 Å². The van der Waals surface area contributed by atoms with Crippen LogP contribution in [0.2, 0.25) is 0 Å². The number of rotatable bonds is 5. The van der Waals surface area contributed by atoms with Gasteiger partial charge in [0.2, 0.25) is 11.8 Å². The fourth-order valence-electron chi connectivity index (χ4n) is 3.64. The van der Waals surface area contributed by atoms with Gasteiger partial charge in [-0.15, -0.1) is 0 Å². The van der Waals surface area contributed by atoms with Crippen LogP contribution in [0.5, 0.6) is 0 Å². The number of carbonyl (C=O) groups excluding carboxylic acids is 3. The summed E-state index contributed by atoms with van der Waals surface area (Å²) in [5, 5.41) is 5.70. The van der Waals surface area contributed by atoms with Crippen molar-refractivity contribution >= 4 is 33.7 Å². The maximum absolute atomic E-state index is 12.5. The van der Waals surface area contributed by atoms with Crippen molar-refractivity contribution in [3.63, 3.8) is 0 Å². The van der Waals surface area contributed by atoms with E-state index in [0.717, 1.165) is 16.5 Å². The molecular weight excluding hydrogens is 434 g/mol. The molecule has 7 heteroatoms. The summed E-state index contributed by atoms with van der Waals surface area (Å²) in [6.07, 6.45) is 0.879. The number of piperazine rings is 1. The van der Waals surface area contributed by atoms with Crippen molar-refractivity contribution in [3.8, 4) is 0 Å². The SMILES string of the molecule is O=C1CN(C(=O)c2ccc(CNC(=O)C3CC3c3ccc(Br)cc3)cc2)CCN1. The first-order valence-corrected chi connectivity index (χ1v) is 10.5. The van der Waals surface area contributed by atoms with E-state index < -0.39 is 0 Å². The Bertz CT molecular complexity index is 927. The first-order valence-electron chi connectivity index (χ1n) is 9.69. The molecule has 4 rings (SSSR count). The number of hydrogen-bond acceptors (Lipinski definition) is 3. The van der Waals surface area contributed by atoms with Crippen LogP contribution in [0.1, 0.15) is 33.8 Å². The average Bonchev–Trinajstić information content (AvgIpc) is 3.53. The molecule has 0 aromatic heterocycles. The van der Waals surface area contributed by atoms with Crippen molar-refractivity contribution in [2.24, 2.45) is 5.92 Å². The molecule has 0 spiro atoms. The molecule has 150 valence electrons. The normalized spacial score (nSPS) is 20.7. The number of carbonyl (C=O) groups is 3. The third-order valence-electron chi connectivity index (χ3n) is 5.42. The van der Waals surface area contributed by atoms with Crippen LogP contribution in [-0.2, 0) is 16.1 Å². The maximum atomic E-state index is 12.5. The van der Waals surface area contributed by atoms with Gasteiger partial charge in [0.05, 0.1) is 6.54 Å². The standard InChI is InChI=1S/C22H22BrN3O3/c23-17-7-5-15(6-8-17)18-11-19(18)21(28)25-12-14-1-3-16(4-2-14)22(29)26-10-9-24-20(27)13-26/h1-8,18-19H,9-13H2,(H,24,27)(H,25,28). The zero-order valence-corrected chi connectivity index (χ0v) is 17.4. The van der Waals surface area contributed by atoms with Gasteiger partial charge in [0, 0.05) is 35.6 Å². The fraction of sp³-hybridized carbons (Fsp3) is 0.318.